The van der Waals surface area contributed by atoms with Crippen molar-refractivity contribution in [2.75, 3.05) is 4.31 Å². The molecule has 0 unspecified atom stereocenters. The van der Waals surface area contributed by atoms with E-state index < -0.39 is 6.09 Å². The molecular formula is C13H17NO2S. The summed E-state index contributed by atoms with van der Waals surface area (Å²) in [7, 11) is 0. The van der Waals surface area contributed by atoms with E-state index in [4.69, 9.17) is 0 Å². The molecule has 1 N–H and O–H groups in total. The van der Waals surface area contributed by atoms with E-state index in [0.29, 0.717) is 5.25 Å². The standard InChI is InChI=1S/C13H17NO2S/c15-13(16)14(11-7-3-1-4-8-11)17-12-9-5-2-6-10-12/h1,3-4,7-8,12H,2,5-6,9-10H2,(H,15,16). The molecule has 92 valence electrons. The van der Waals surface area contributed by atoms with Gasteiger partial charge in [0.15, 0.2) is 0 Å². The van der Waals surface area contributed by atoms with Crippen molar-refractivity contribution in [1.82, 2.24) is 0 Å². The lowest BCUT2D eigenvalue weighted by molar-refractivity contribution is 0.206. The number of para-hydroxylation sites is 1. The highest BCUT2D eigenvalue weighted by atomic mass is 32.2. The van der Waals surface area contributed by atoms with Crippen molar-refractivity contribution in [1.29, 1.82) is 0 Å². The molecule has 0 aromatic heterocycles. The van der Waals surface area contributed by atoms with Crippen LogP contribution in [-0.4, -0.2) is 16.4 Å². The zero-order valence-electron chi connectivity index (χ0n) is 9.71. The van der Waals surface area contributed by atoms with Crippen molar-refractivity contribution in [3.63, 3.8) is 0 Å². The molecule has 0 saturated heterocycles. The third kappa shape index (κ3) is 3.40. The number of carboxylic acid groups (broad SMARTS) is 1. The first-order chi connectivity index (χ1) is 8.27. The molecule has 0 atom stereocenters. The van der Waals surface area contributed by atoms with E-state index in [0.717, 1.165) is 18.5 Å². The smallest absolute Gasteiger partial charge is 0.422 e. The number of rotatable bonds is 3. The number of carbonyl (C=O) groups is 1. The molecular weight excluding hydrogens is 234 g/mol. The first-order valence-corrected chi connectivity index (χ1v) is 6.86. The fourth-order valence-corrected chi connectivity index (χ4v) is 3.28. The molecule has 17 heavy (non-hydrogen) atoms. The number of benzene rings is 1. The predicted octanol–water partition coefficient (Wildman–Crippen LogP) is 4.15. The zero-order chi connectivity index (χ0) is 12.1. The van der Waals surface area contributed by atoms with Crippen LogP contribution < -0.4 is 4.31 Å². The van der Waals surface area contributed by atoms with E-state index in [2.05, 4.69) is 0 Å². The summed E-state index contributed by atoms with van der Waals surface area (Å²) in [4.78, 5) is 11.3. The topological polar surface area (TPSA) is 40.5 Å². The van der Waals surface area contributed by atoms with Crippen LogP contribution in [0.3, 0.4) is 0 Å². The Hall–Kier alpha value is -1.16. The second-order valence-electron chi connectivity index (χ2n) is 4.28. The van der Waals surface area contributed by atoms with Crippen LogP contribution in [-0.2, 0) is 0 Å². The van der Waals surface area contributed by atoms with Gasteiger partial charge >= 0.3 is 6.09 Å². The van der Waals surface area contributed by atoms with Gasteiger partial charge in [0.05, 0.1) is 5.69 Å². The van der Waals surface area contributed by atoms with Gasteiger partial charge in [0.2, 0.25) is 0 Å². The second kappa shape index (κ2) is 5.96. The second-order valence-corrected chi connectivity index (χ2v) is 5.52. The van der Waals surface area contributed by atoms with Gasteiger partial charge in [0.25, 0.3) is 0 Å². The summed E-state index contributed by atoms with van der Waals surface area (Å²) in [6, 6.07) is 9.31. The highest BCUT2D eigenvalue weighted by Gasteiger charge is 2.22. The van der Waals surface area contributed by atoms with Crippen molar-refractivity contribution in [3.05, 3.63) is 30.3 Å². The van der Waals surface area contributed by atoms with Gasteiger partial charge in [-0.15, -0.1) is 0 Å². The highest BCUT2D eigenvalue weighted by Crippen LogP contribution is 2.33. The molecule has 0 aliphatic heterocycles. The Morgan fingerprint density at radius 2 is 1.82 bits per heavy atom. The maximum Gasteiger partial charge on any atom is 0.422 e. The number of amides is 1. The average molecular weight is 251 g/mol. The summed E-state index contributed by atoms with van der Waals surface area (Å²) >= 11 is 1.46. The Labute approximate surface area is 106 Å². The van der Waals surface area contributed by atoms with Crippen LogP contribution in [0, 0.1) is 0 Å². The molecule has 4 heteroatoms. The molecule has 1 saturated carbocycles. The van der Waals surface area contributed by atoms with Gasteiger partial charge in [0.1, 0.15) is 0 Å². The minimum absolute atomic E-state index is 0.444. The van der Waals surface area contributed by atoms with E-state index in [1.165, 1.54) is 35.5 Å². The van der Waals surface area contributed by atoms with E-state index in [-0.39, 0.29) is 0 Å². The van der Waals surface area contributed by atoms with Crippen LogP contribution in [0.25, 0.3) is 0 Å². The zero-order valence-corrected chi connectivity index (χ0v) is 10.5. The number of anilines is 1. The quantitative estimate of drug-likeness (QED) is 0.820. The summed E-state index contributed by atoms with van der Waals surface area (Å²) in [5.41, 5.74) is 0.746. The summed E-state index contributed by atoms with van der Waals surface area (Å²) < 4.78 is 1.40. The lowest BCUT2D eigenvalue weighted by atomic mass is 10.0. The Bertz CT molecular complexity index is 363. The molecule has 0 bridgehead atoms. The minimum Gasteiger partial charge on any atom is -0.464 e. The van der Waals surface area contributed by atoms with Crippen molar-refractivity contribution in [3.8, 4) is 0 Å². The lowest BCUT2D eigenvalue weighted by Crippen LogP contribution is -2.26. The van der Waals surface area contributed by atoms with Crippen LogP contribution in [0.4, 0.5) is 10.5 Å². The highest BCUT2D eigenvalue weighted by molar-refractivity contribution is 8.01. The number of hydrogen-bond donors (Lipinski definition) is 1. The van der Waals surface area contributed by atoms with Crippen LogP contribution in [0.2, 0.25) is 0 Å². The molecule has 3 nitrogen and oxygen atoms in total. The van der Waals surface area contributed by atoms with Gasteiger partial charge in [-0.2, -0.15) is 0 Å². The molecule has 0 radical (unpaired) electrons. The SMILES string of the molecule is O=C(O)N(SC1CCCCC1)c1ccccc1. The molecule has 1 aliphatic rings. The van der Waals surface area contributed by atoms with E-state index in [1.54, 1.807) is 0 Å². The van der Waals surface area contributed by atoms with Gasteiger partial charge in [-0.1, -0.05) is 37.5 Å². The van der Waals surface area contributed by atoms with Crippen LogP contribution in [0.1, 0.15) is 32.1 Å². The first kappa shape index (κ1) is 12.3. The lowest BCUT2D eigenvalue weighted by Gasteiger charge is -2.26. The Morgan fingerprint density at radius 3 is 2.41 bits per heavy atom. The van der Waals surface area contributed by atoms with Gasteiger partial charge in [0, 0.05) is 5.25 Å². The summed E-state index contributed by atoms with van der Waals surface area (Å²) in [6.45, 7) is 0. The summed E-state index contributed by atoms with van der Waals surface area (Å²) in [6.07, 6.45) is 5.10. The van der Waals surface area contributed by atoms with E-state index in [9.17, 15) is 9.90 Å². The van der Waals surface area contributed by atoms with E-state index >= 15 is 0 Å². The van der Waals surface area contributed by atoms with Crippen LogP contribution in [0.15, 0.2) is 30.3 Å². The van der Waals surface area contributed by atoms with Gasteiger partial charge in [-0.3, -0.25) is 0 Å². The summed E-state index contributed by atoms with van der Waals surface area (Å²) in [5.74, 6) is 0. The Kier molecular flexibility index (Phi) is 4.31. The molecule has 1 aromatic carbocycles. The monoisotopic (exact) mass is 251 g/mol. The minimum atomic E-state index is -0.883. The van der Waals surface area contributed by atoms with Gasteiger partial charge < -0.3 is 5.11 Å². The van der Waals surface area contributed by atoms with Crippen LogP contribution >= 0.6 is 11.9 Å². The van der Waals surface area contributed by atoms with Crippen molar-refractivity contribution in [2.45, 2.75) is 37.4 Å². The van der Waals surface area contributed by atoms with Gasteiger partial charge in [-0.05, 0) is 36.9 Å². The third-order valence-electron chi connectivity index (χ3n) is 2.97. The third-order valence-corrected chi connectivity index (χ3v) is 4.32. The fraction of sp³-hybridized carbons (Fsp3) is 0.462. The molecule has 1 fully saturated rings. The molecule has 1 aromatic rings. The molecule has 2 rings (SSSR count). The summed E-state index contributed by atoms with van der Waals surface area (Å²) in [5, 5.41) is 9.71. The van der Waals surface area contributed by atoms with Crippen molar-refractivity contribution < 1.29 is 9.90 Å². The number of nitrogens with zero attached hydrogens (tertiary/aromatic N) is 1. The molecule has 0 heterocycles. The average Bonchev–Trinajstić information content (AvgIpc) is 2.38. The molecule has 0 spiro atoms. The maximum atomic E-state index is 11.3. The molecule has 1 aliphatic carbocycles. The van der Waals surface area contributed by atoms with Gasteiger partial charge in [-0.25, -0.2) is 9.10 Å². The molecule has 1 amide bonds. The normalized spacial score (nSPS) is 16.7. The first-order valence-electron chi connectivity index (χ1n) is 6.02. The maximum absolute atomic E-state index is 11.3. The predicted molar refractivity (Wildman–Crippen MR) is 71.4 cm³/mol. The van der Waals surface area contributed by atoms with E-state index in [1.807, 2.05) is 30.3 Å². The Balaban J connectivity index is 2.05. The fourth-order valence-electron chi connectivity index (χ4n) is 2.10. The largest absolute Gasteiger partial charge is 0.464 e. The number of hydrogen-bond acceptors (Lipinski definition) is 2. The Morgan fingerprint density at radius 1 is 1.18 bits per heavy atom. The van der Waals surface area contributed by atoms with Crippen LogP contribution in [0.5, 0.6) is 0 Å². The van der Waals surface area contributed by atoms with Crippen molar-refractivity contribution >= 4 is 23.7 Å². The van der Waals surface area contributed by atoms with Crippen molar-refractivity contribution in [2.24, 2.45) is 0 Å².